The van der Waals surface area contributed by atoms with Crippen LogP contribution < -0.4 is 14.8 Å². The van der Waals surface area contributed by atoms with Gasteiger partial charge in [0.05, 0.1) is 25.7 Å². The van der Waals surface area contributed by atoms with Crippen molar-refractivity contribution in [2.24, 2.45) is 0 Å². The Morgan fingerprint density at radius 1 is 0.971 bits per heavy atom. The van der Waals surface area contributed by atoms with E-state index in [-0.39, 0.29) is 11.3 Å². The summed E-state index contributed by atoms with van der Waals surface area (Å²) in [6, 6.07) is 23.1. The molecule has 1 N–H and O–H groups in total. The highest BCUT2D eigenvalue weighted by Crippen LogP contribution is 2.36. The van der Waals surface area contributed by atoms with Gasteiger partial charge in [0.25, 0.3) is 5.91 Å². The molecule has 174 valence electrons. The average molecular weight is 458 g/mol. The zero-order valence-electron chi connectivity index (χ0n) is 19.1. The fraction of sp³-hybridized carbons (Fsp3) is 0.286. The number of carbonyl (C=O) groups excluding carboxylic acids is 2. The highest BCUT2D eigenvalue weighted by molar-refractivity contribution is 5.97. The Balaban J connectivity index is 1.34. The first kappa shape index (κ1) is 22.2. The molecule has 1 fully saturated rings. The molecule has 0 atom stereocenters. The second-order valence-corrected chi connectivity index (χ2v) is 9.14. The molecule has 1 amide bonds. The molecule has 0 bridgehead atoms. The molecule has 1 aliphatic heterocycles. The zero-order chi connectivity index (χ0) is 23.6. The molecule has 1 saturated heterocycles. The Hall–Kier alpha value is -3.64. The van der Waals surface area contributed by atoms with Crippen LogP contribution in [0.25, 0.3) is 0 Å². The molecule has 2 aliphatic rings. The minimum Gasteiger partial charge on any atom is -0.493 e. The number of aldehydes is 1. The van der Waals surface area contributed by atoms with Crippen LogP contribution in [0.2, 0.25) is 0 Å². The van der Waals surface area contributed by atoms with Crippen LogP contribution in [0.5, 0.6) is 11.5 Å². The van der Waals surface area contributed by atoms with Crippen molar-refractivity contribution in [3.8, 4) is 11.5 Å². The quantitative estimate of drug-likeness (QED) is 0.524. The van der Waals surface area contributed by atoms with Gasteiger partial charge in [-0.05, 0) is 34.9 Å². The normalized spacial score (nSPS) is 17.2. The first-order valence-electron chi connectivity index (χ1n) is 11.4. The van der Waals surface area contributed by atoms with E-state index in [4.69, 9.17) is 14.2 Å². The van der Waals surface area contributed by atoms with Gasteiger partial charge in [-0.2, -0.15) is 0 Å². The second kappa shape index (κ2) is 8.95. The number of hydrogen-bond acceptors (Lipinski definition) is 5. The molecule has 1 aliphatic carbocycles. The van der Waals surface area contributed by atoms with E-state index >= 15 is 0 Å². The van der Waals surface area contributed by atoms with E-state index in [0.29, 0.717) is 49.7 Å². The van der Waals surface area contributed by atoms with E-state index < -0.39 is 5.54 Å². The first-order chi connectivity index (χ1) is 16.6. The lowest BCUT2D eigenvalue weighted by Gasteiger charge is -2.41. The molecule has 0 spiro atoms. The van der Waals surface area contributed by atoms with Gasteiger partial charge < -0.3 is 24.3 Å². The van der Waals surface area contributed by atoms with Gasteiger partial charge in [0.2, 0.25) is 0 Å². The molecular formula is C28H27NO5. The largest absolute Gasteiger partial charge is 0.493 e. The van der Waals surface area contributed by atoms with Crippen LogP contribution >= 0.6 is 0 Å². The van der Waals surface area contributed by atoms with Crippen LogP contribution in [-0.2, 0) is 27.8 Å². The summed E-state index contributed by atoms with van der Waals surface area (Å²) in [6.45, 7) is 1.54. The van der Waals surface area contributed by atoms with E-state index in [1.807, 2.05) is 42.5 Å². The van der Waals surface area contributed by atoms with Crippen LogP contribution in [-0.4, -0.2) is 44.7 Å². The molecule has 1 heterocycles. The Morgan fingerprint density at radius 3 is 2.24 bits per heavy atom. The van der Waals surface area contributed by atoms with Crippen LogP contribution in [0.3, 0.4) is 0 Å². The third kappa shape index (κ3) is 4.05. The monoisotopic (exact) mass is 457 g/mol. The minimum absolute atomic E-state index is 0.234. The topological polar surface area (TPSA) is 73.9 Å². The van der Waals surface area contributed by atoms with Gasteiger partial charge in [-0.15, -0.1) is 0 Å². The van der Waals surface area contributed by atoms with Crippen molar-refractivity contribution in [3.05, 3.63) is 95.1 Å². The molecule has 6 heteroatoms. The van der Waals surface area contributed by atoms with Crippen molar-refractivity contribution < 1.29 is 23.8 Å². The lowest BCUT2D eigenvalue weighted by atomic mass is 9.79. The third-order valence-corrected chi connectivity index (χ3v) is 6.79. The number of hydrogen-bond donors (Lipinski definition) is 1. The second-order valence-electron chi connectivity index (χ2n) is 9.14. The molecule has 0 aromatic heterocycles. The van der Waals surface area contributed by atoms with E-state index in [1.54, 1.807) is 25.3 Å². The fourth-order valence-corrected chi connectivity index (χ4v) is 4.76. The van der Waals surface area contributed by atoms with Crippen molar-refractivity contribution in [2.45, 2.75) is 23.8 Å². The van der Waals surface area contributed by atoms with Crippen LogP contribution in [0, 0.1) is 0 Å². The number of ether oxygens (including phenoxy) is 3. The number of benzene rings is 3. The van der Waals surface area contributed by atoms with Crippen molar-refractivity contribution in [1.82, 2.24) is 5.32 Å². The molecule has 34 heavy (non-hydrogen) atoms. The number of carbonyl (C=O) groups is 2. The molecule has 6 nitrogen and oxygen atoms in total. The molecule has 0 radical (unpaired) electrons. The van der Waals surface area contributed by atoms with Gasteiger partial charge in [0, 0.05) is 18.4 Å². The summed E-state index contributed by atoms with van der Waals surface area (Å²) in [7, 11) is 1.57. The smallest absolute Gasteiger partial charge is 0.252 e. The van der Waals surface area contributed by atoms with Crippen molar-refractivity contribution in [3.63, 3.8) is 0 Å². The number of nitrogens with one attached hydrogen (secondary N) is 1. The lowest BCUT2D eigenvalue weighted by Crippen LogP contribution is -2.51. The van der Waals surface area contributed by atoms with E-state index in [1.165, 1.54) is 0 Å². The summed E-state index contributed by atoms with van der Waals surface area (Å²) >= 11 is 0. The standard InChI is InChI=1S/C28H27NO5/c1-32-24-12-11-20(26(31)29-28(16-30)14-21-7-5-6-8-22(21)15-28)13-25(24)34-19-27(17-33-18-27)23-9-3-2-4-10-23/h2-13,16H,14-15,17-19H2,1H3,(H,29,31). The molecule has 3 aromatic rings. The molecule has 0 unspecified atom stereocenters. The molecule has 0 saturated carbocycles. The molecular weight excluding hydrogens is 430 g/mol. The maximum absolute atomic E-state index is 13.2. The van der Waals surface area contributed by atoms with Gasteiger partial charge in [0.1, 0.15) is 18.4 Å². The minimum atomic E-state index is -0.942. The predicted molar refractivity (Wildman–Crippen MR) is 128 cm³/mol. The summed E-state index contributed by atoms with van der Waals surface area (Å²) in [5.41, 5.74) is 2.56. The van der Waals surface area contributed by atoms with Gasteiger partial charge in [-0.25, -0.2) is 0 Å². The summed E-state index contributed by atoms with van der Waals surface area (Å²) in [5.74, 6) is 0.697. The maximum atomic E-state index is 13.2. The van der Waals surface area contributed by atoms with Gasteiger partial charge in [-0.1, -0.05) is 54.6 Å². The molecule has 3 aromatic carbocycles. The van der Waals surface area contributed by atoms with Gasteiger partial charge in [0.15, 0.2) is 11.5 Å². The number of fused-ring (bicyclic) bond motifs is 1. The van der Waals surface area contributed by atoms with E-state index in [0.717, 1.165) is 23.0 Å². The lowest BCUT2D eigenvalue weighted by molar-refractivity contribution is -0.112. The summed E-state index contributed by atoms with van der Waals surface area (Å²) < 4.78 is 17.2. The summed E-state index contributed by atoms with van der Waals surface area (Å²) in [5, 5.41) is 2.97. The summed E-state index contributed by atoms with van der Waals surface area (Å²) in [4.78, 5) is 25.2. The highest BCUT2D eigenvalue weighted by Gasteiger charge is 2.42. The average Bonchev–Trinajstić information content (AvgIpc) is 3.22. The number of methoxy groups -OCH3 is 1. The van der Waals surface area contributed by atoms with E-state index in [9.17, 15) is 9.59 Å². The van der Waals surface area contributed by atoms with Crippen molar-refractivity contribution in [1.29, 1.82) is 0 Å². The van der Waals surface area contributed by atoms with Crippen molar-refractivity contribution in [2.75, 3.05) is 26.9 Å². The Labute approximate surface area is 198 Å². The number of rotatable bonds is 8. The maximum Gasteiger partial charge on any atom is 0.252 e. The van der Waals surface area contributed by atoms with Crippen LogP contribution in [0.15, 0.2) is 72.8 Å². The fourth-order valence-electron chi connectivity index (χ4n) is 4.76. The number of amides is 1. The Morgan fingerprint density at radius 2 is 1.65 bits per heavy atom. The van der Waals surface area contributed by atoms with Crippen LogP contribution in [0.1, 0.15) is 27.0 Å². The van der Waals surface area contributed by atoms with Gasteiger partial charge >= 0.3 is 0 Å². The zero-order valence-corrected chi connectivity index (χ0v) is 19.1. The SMILES string of the molecule is COc1ccc(C(=O)NC2(C=O)Cc3ccccc3C2)cc1OCC1(c2ccccc2)COC1. The van der Waals surface area contributed by atoms with E-state index in [2.05, 4.69) is 17.4 Å². The first-order valence-corrected chi connectivity index (χ1v) is 11.4. The predicted octanol–water partition coefficient (Wildman–Crippen LogP) is 3.51. The summed E-state index contributed by atoms with van der Waals surface area (Å²) in [6.07, 6.45) is 1.82. The van der Waals surface area contributed by atoms with Crippen LogP contribution in [0.4, 0.5) is 0 Å². The third-order valence-electron chi connectivity index (χ3n) is 6.79. The Kier molecular flexibility index (Phi) is 5.84. The Bertz CT molecular complexity index is 1180. The molecule has 5 rings (SSSR count). The van der Waals surface area contributed by atoms with Gasteiger partial charge in [-0.3, -0.25) is 4.79 Å². The van der Waals surface area contributed by atoms with Crippen molar-refractivity contribution >= 4 is 12.2 Å². The highest BCUT2D eigenvalue weighted by atomic mass is 16.5.